The molecule has 30 heavy (non-hydrogen) atoms. The number of sulfonamides is 1. The molecule has 2 aromatic rings. The summed E-state index contributed by atoms with van der Waals surface area (Å²) in [6.45, 7) is 2.63. The van der Waals surface area contributed by atoms with Crippen molar-refractivity contribution in [3.8, 4) is 0 Å². The molecule has 0 spiro atoms. The number of amides is 3. The Balaban J connectivity index is 1.74. The van der Waals surface area contributed by atoms with Gasteiger partial charge in [-0.3, -0.25) is 19.4 Å². The Morgan fingerprint density at radius 3 is 2.47 bits per heavy atom. The molecule has 12 heteroatoms. The van der Waals surface area contributed by atoms with Gasteiger partial charge in [-0.25, -0.2) is 13.1 Å². The number of aromatic nitrogens is 1. The van der Waals surface area contributed by atoms with Crippen molar-refractivity contribution in [1.82, 2.24) is 14.7 Å². The summed E-state index contributed by atoms with van der Waals surface area (Å²) in [5.41, 5.74) is 0.760. The van der Waals surface area contributed by atoms with Crippen molar-refractivity contribution >= 4 is 39.1 Å². The lowest BCUT2D eigenvalue weighted by atomic mass is 10.2. The minimum absolute atomic E-state index is 0.125. The molecule has 0 aliphatic carbocycles. The Bertz CT molecular complexity index is 1160. The first-order valence-corrected chi connectivity index (χ1v) is 10.0. The molecule has 11 nitrogen and oxygen atoms in total. The number of hydrazone groups is 1. The SMILES string of the molecule is CC(=O)NS(=O)(=O)c1ccc(N=N[C@H]2C(=O)N(C(=O)c3cccnc3)N=C2C)cc1. The Labute approximate surface area is 171 Å². The van der Waals surface area contributed by atoms with Crippen LogP contribution in [0.4, 0.5) is 5.69 Å². The van der Waals surface area contributed by atoms with Crippen molar-refractivity contribution in [1.29, 1.82) is 0 Å². The predicted molar refractivity (Wildman–Crippen MR) is 104 cm³/mol. The molecule has 0 unspecified atom stereocenters. The molecule has 0 fully saturated rings. The lowest BCUT2D eigenvalue weighted by Crippen LogP contribution is -2.34. The number of benzene rings is 1. The quantitative estimate of drug-likeness (QED) is 0.562. The fraction of sp³-hybridized carbons (Fsp3) is 0.167. The summed E-state index contributed by atoms with van der Waals surface area (Å²) in [4.78, 5) is 39.7. The van der Waals surface area contributed by atoms with Gasteiger partial charge in [0, 0.05) is 19.3 Å². The van der Waals surface area contributed by atoms with Crippen LogP contribution in [0.25, 0.3) is 0 Å². The fourth-order valence-corrected chi connectivity index (χ4v) is 3.50. The van der Waals surface area contributed by atoms with Crippen LogP contribution in [-0.4, -0.2) is 47.9 Å². The zero-order chi connectivity index (χ0) is 21.9. The smallest absolute Gasteiger partial charge is 0.274 e. The van der Waals surface area contributed by atoms with Crippen LogP contribution in [0.1, 0.15) is 24.2 Å². The highest BCUT2D eigenvalue weighted by Gasteiger charge is 2.38. The normalized spacial score (nSPS) is 16.6. The molecule has 0 bridgehead atoms. The maximum atomic E-state index is 12.5. The van der Waals surface area contributed by atoms with Crippen LogP contribution >= 0.6 is 0 Å². The van der Waals surface area contributed by atoms with E-state index in [1.807, 2.05) is 4.72 Å². The van der Waals surface area contributed by atoms with Crippen LogP contribution in [0, 0.1) is 0 Å². The van der Waals surface area contributed by atoms with Gasteiger partial charge in [0.1, 0.15) is 0 Å². The molecule has 2 heterocycles. The second kappa shape index (κ2) is 8.29. The standard InChI is InChI=1S/C18H16N6O5S/c1-11-16(18(27)24(22-11)17(26)13-4-3-9-19-10-13)21-20-14-5-7-15(8-6-14)30(28,29)23-12(2)25/h3-10,16H,1-2H3,(H,23,25)/t16-/m1/s1. The van der Waals surface area contributed by atoms with Gasteiger partial charge in [-0.2, -0.15) is 20.3 Å². The van der Waals surface area contributed by atoms with Gasteiger partial charge in [0.2, 0.25) is 5.91 Å². The van der Waals surface area contributed by atoms with Gasteiger partial charge in [-0.05, 0) is 43.3 Å². The summed E-state index contributed by atoms with van der Waals surface area (Å²) in [5, 5.41) is 12.6. The van der Waals surface area contributed by atoms with Gasteiger partial charge >= 0.3 is 0 Å². The molecule has 1 aliphatic heterocycles. The molecule has 3 amide bonds. The Kier molecular flexibility index (Phi) is 5.78. The average molecular weight is 428 g/mol. The van der Waals surface area contributed by atoms with Gasteiger partial charge in [0.05, 0.1) is 21.9 Å². The van der Waals surface area contributed by atoms with Crippen LogP contribution in [0.15, 0.2) is 69.0 Å². The molecule has 1 aromatic carbocycles. The molecule has 0 saturated heterocycles. The highest BCUT2D eigenvalue weighted by molar-refractivity contribution is 7.90. The van der Waals surface area contributed by atoms with Crippen LogP contribution in [0.2, 0.25) is 0 Å². The lowest BCUT2D eigenvalue weighted by molar-refractivity contribution is -0.127. The average Bonchev–Trinajstić information content (AvgIpc) is 2.99. The van der Waals surface area contributed by atoms with Crippen molar-refractivity contribution < 1.29 is 22.8 Å². The molecule has 1 N–H and O–H groups in total. The van der Waals surface area contributed by atoms with E-state index in [-0.39, 0.29) is 21.9 Å². The highest BCUT2D eigenvalue weighted by Crippen LogP contribution is 2.20. The van der Waals surface area contributed by atoms with E-state index >= 15 is 0 Å². The summed E-state index contributed by atoms with van der Waals surface area (Å²) in [5.74, 6) is -1.99. The Morgan fingerprint density at radius 1 is 1.17 bits per heavy atom. The maximum Gasteiger partial charge on any atom is 0.282 e. The summed E-state index contributed by atoms with van der Waals surface area (Å²) in [6.07, 6.45) is 2.83. The van der Waals surface area contributed by atoms with Gasteiger partial charge in [0.15, 0.2) is 6.04 Å². The minimum Gasteiger partial charge on any atom is -0.274 e. The molecule has 1 aliphatic rings. The number of nitrogens with one attached hydrogen (secondary N) is 1. The van der Waals surface area contributed by atoms with Crippen LogP contribution in [0.5, 0.6) is 0 Å². The molecule has 3 rings (SSSR count). The van der Waals surface area contributed by atoms with E-state index in [2.05, 4.69) is 20.3 Å². The second-order valence-electron chi connectivity index (χ2n) is 6.21. The number of hydrogen-bond donors (Lipinski definition) is 1. The molecule has 1 aromatic heterocycles. The van der Waals surface area contributed by atoms with Crippen molar-refractivity contribution in [2.45, 2.75) is 24.8 Å². The van der Waals surface area contributed by atoms with E-state index in [0.717, 1.165) is 11.9 Å². The Hall–Kier alpha value is -3.80. The first kappa shape index (κ1) is 20.9. The van der Waals surface area contributed by atoms with Gasteiger partial charge in [-0.1, -0.05) is 0 Å². The van der Waals surface area contributed by atoms with Gasteiger partial charge < -0.3 is 0 Å². The number of carbonyl (C=O) groups is 3. The monoisotopic (exact) mass is 428 g/mol. The van der Waals surface area contributed by atoms with Crippen molar-refractivity contribution in [3.05, 3.63) is 54.4 Å². The number of imide groups is 1. The second-order valence-corrected chi connectivity index (χ2v) is 7.89. The van der Waals surface area contributed by atoms with Crippen molar-refractivity contribution in [2.75, 3.05) is 0 Å². The van der Waals surface area contributed by atoms with E-state index in [0.29, 0.717) is 0 Å². The topological polar surface area (TPSA) is 151 Å². The summed E-state index contributed by atoms with van der Waals surface area (Å²) >= 11 is 0. The number of pyridine rings is 1. The minimum atomic E-state index is -3.96. The largest absolute Gasteiger partial charge is 0.282 e. The van der Waals surface area contributed by atoms with Crippen molar-refractivity contribution in [2.24, 2.45) is 15.3 Å². The van der Waals surface area contributed by atoms with E-state index in [1.165, 1.54) is 42.7 Å². The number of azo groups is 1. The fourth-order valence-electron chi connectivity index (χ4n) is 2.51. The van der Waals surface area contributed by atoms with Crippen molar-refractivity contribution in [3.63, 3.8) is 0 Å². The van der Waals surface area contributed by atoms with Gasteiger partial charge in [-0.15, -0.1) is 0 Å². The molecule has 1 atom stereocenters. The highest BCUT2D eigenvalue weighted by atomic mass is 32.2. The number of carbonyl (C=O) groups excluding carboxylic acids is 3. The third-order valence-corrected chi connectivity index (χ3v) is 5.36. The Morgan fingerprint density at radius 2 is 1.87 bits per heavy atom. The molecular formula is C18H16N6O5S. The van der Waals surface area contributed by atoms with E-state index in [1.54, 1.807) is 13.0 Å². The third kappa shape index (κ3) is 4.43. The van der Waals surface area contributed by atoms with Crippen LogP contribution < -0.4 is 4.72 Å². The summed E-state index contributed by atoms with van der Waals surface area (Å²) in [7, 11) is -3.96. The van der Waals surface area contributed by atoms with Crippen LogP contribution in [0.3, 0.4) is 0 Å². The van der Waals surface area contributed by atoms with Crippen LogP contribution in [-0.2, 0) is 19.6 Å². The number of nitrogens with zero attached hydrogens (tertiary/aromatic N) is 5. The number of rotatable bonds is 5. The van der Waals surface area contributed by atoms with E-state index < -0.39 is 33.8 Å². The molecule has 0 radical (unpaired) electrons. The van der Waals surface area contributed by atoms with Gasteiger partial charge in [0.25, 0.3) is 21.8 Å². The van der Waals surface area contributed by atoms with E-state index in [4.69, 9.17) is 0 Å². The summed E-state index contributed by atoms with van der Waals surface area (Å²) in [6, 6.07) is 7.22. The van der Waals surface area contributed by atoms with E-state index in [9.17, 15) is 22.8 Å². The summed E-state index contributed by atoms with van der Waals surface area (Å²) < 4.78 is 25.7. The maximum absolute atomic E-state index is 12.5. The zero-order valence-corrected chi connectivity index (χ0v) is 16.7. The predicted octanol–water partition coefficient (Wildman–Crippen LogP) is 1.42. The lowest BCUT2D eigenvalue weighted by Gasteiger charge is -2.10. The molecule has 154 valence electrons. The third-order valence-electron chi connectivity index (χ3n) is 3.91. The zero-order valence-electron chi connectivity index (χ0n) is 15.9. The first-order valence-electron chi connectivity index (χ1n) is 8.57. The number of hydrogen-bond acceptors (Lipinski definition) is 9. The molecule has 0 saturated carbocycles. The molecular weight excluding hydrogens is 412 g/mol. The first-order chi connectivity index (χ1) is 14.2.